The van der Waals surface area contributed by atoms with Crippen molar-refractivity contribution in [3.05, 3.63) is 24.3 Å². The van der Waals surface area contributed by atoms with Gasteiger partial charge in [-0.05, 0) is 56.9 Å². The number of ether oxygens (including phenoxy) is 1. The van der Waals surface area contributed by atoms with Crippen LogP contribution in [0.5, 0.6) is 0 Å². The van der Waals surface area contributed by atoms with Crippen LogP contribution in [0, 0.1) is 5.92 Å². The summed E-state index contributed by atoms with van der Waals surface area (Å²) in [4.78, 5) is 26.5. The van der Waals surface area contributed by atoms with Gasteiger partial charge < -0.3 is 20.3 Å². The quantitative estimate of drug-likeness (QED) is 0.786. The molecule has 0 bridgehead atoms. The zero-order chi connectivity index (χ0) is 19.9. The summed E-state index contributed by atoms with van der Waals surface area (Å²) in [5.74, 6) is 0.265. The van der Waals surface area contributed by atoms with E-state index in [1.165, 1.54) is 19.3 Å². The highest BCUT2D eigenvalue weighted by Crippen LogP contribution is 2.26. The highest BCUT2D eigenvalue weighted by atomic mass is 16.5. The Labute approximate surface area is 168 Å². The van der Waals surface area contributed by atoms with Crippen molar-refractivity contribution in [2.45, 2.75) is 64.6 Å². The second kappa shape index (κ2) is 9.92. The number of carbonyl (C=O) groups is 2. The van der Waals surface area contributed by atoms with Crippen LogP contribution in [0.3, 0.4) is 0 Å². The van der Waals surface area contributed by atoms with Crippen LogP contribution in [0.4, 0.5) is 11.4 Å². The number of benzene rings is 1. The summed E-state index contributed by atoms with van der Waals surface area (Å²) in [6.07, 6.45) is 6.94. The molecule has 0 radical (unpaired) electrons. The highest BCUT2D eigenvalue weighted by Gasteiger charge is 2.22. The van der Waals surface area contributed by atoms with E-state index < -0.39 is 0 Å². The van der Waals surface area contributed by atoms with E-state index in [0.29, 0.717) is 12.3 Å². The molecule has 2 fully saturated rings. The minimum absolute atomic E-state index is 0.0196. The van der Waals surface area contributed by atoms with Gasteiger partial charge in [0, 0.05) is 30.9 Å². The number of anilines is 2. The Morgan fingerprint density at radius 3 is 2.29 bits per heavy atom. The summed E-state index contributed by atoms with van der Waals surface area (Å²) in [5.41, 5.74) is 1.87. The van der Waals surface area contributed by atoms with E-state index in [4.69, 9.17) is 4.74 Å². The molecular formula is C22H33N3O3. The molecule has 1 saturated heterocycles. The molecular weight excluding hydrogens is 354 g/mol. The Morgan fingerprint density at radius 2 is 1.64 bits per heavy atom. The summed E-state index contributed by atoms with van der Waals surface area (Å²) in [5, 5.41) is 5.60. The third-order valence-electron chi connectivity index (χ3n) is 5.58. The summed E-state index contributed by atoms with van der Waals surface area (Å²) in [6, 6.07) is 7.84. The lowest BCUT2D eigenvalue weighted by Gasteiger charge is -2.36. The summed E-state index contributed by atoms with van der Waals surface area (Å²) < 4.78 is 5.78. The largest absolute Gasteiger partial charge is 0.372 e. The van der Waals surface area contributed by atoms with Crippen LogP contribution in [-0.4, -0.2) is 43.7 Å². The van der Waals surface area contributed by atoms with Gasteiger partial charge >= 0.3 is 0 Å². The molecule has 2 aliphatic rings. The standard InChI is InChI=1S/C22H33N3O3/c1-16-14-25(15-17(2)28-16)20-10-8-19(9-11-20)24-22(27)13-23-21(26)12-18-6-4-3-5-7-18/h8-11,16-18H,3-7,12-15H2,1-2H3,(H,23,26)(H,24,27). The number of amides is 2. The second-order valence-corrected chi connectivity index (χ2v) is 8.24. The maximum absolute atomic E-state index is 12.1. The van der Waals surface area contributed by atoms with Gasteiger partial charge in [-0.1, -0.05) is 19.3 Å². The molecule has 154 valence electrons. The smallest absolute Gasteiger partial charge is 0.243 e. The topological polar surface area (TPSA) is 70.7 Å². The monoisotopic (exact) mass is 387 g/mol. The third kappa shape index (κ3) is 6.23. The van der Waals surface area contributed by atoms with Crippen molar-refractivity contribution < 1.29 is 14.3 Å². The predicted octanol–water partition coefficient (Wildman–Crippen LogP) is 3.33. The van der Waals surface area contributed by atoms with Crippen molar-refractivity contribution in [1.82, 2.24) is 5.32 Å². The van der Waals surface area contributed by atoms with Crippen molar-refractivity contribution >= 4 is 23.2 Å². The van der Waals surface area contributed by atoms with Crippen LogP contribution in [0.25, 0.3) is 0 Å². The molecule has 2 N–H and O–H groups in total. The van der Waals surface area contributed by atoms with Gasteiger partial charge in [0.25, 0.3) is 0 Å². The van der Waals surface area contributed by atoms with Crippen molar-refractivity contribution in [3.63, 3.8) is 0 Å². The molecule has 0 aromatic heterocycles. The molecule has 1 aromatic carbocycles. The second-order valence-electron chi connectivity index (χ2n) is 8.24. The van der Waals surface area contributed by atoms with Gasteiger partial charge in [-0.3, -0.25) is 9.59 Å². The van der Waals surface area contributed by atoms with E-state index >= 15 is 0 Å². The third-order valence-corrected chi connectivity index (χ3v) is 5.58. The van der Waals surface area contributed by atoms with Gasteiger partial charge in [-0.2, -0.15) is 0 Å². The lowest BCUT2D eigenvalue weighted by molar-refractivity contribution is -0.125. The van der Waals surface area contributed by atoms with Crippen molar-refractivity contribution in [1.29, 1.82) is 0 Å². The fraction of sp³-hybridized carbons (Fsp3) is 0.636. The van der Waals surface area contributed by atoms with Crippen LogP contribution in [0.1, 0.15) is 52.4 Å². The SMILES string of the molecule is CC1CN(c2ccc(NC(=O)CNC(=O)CC3CCCCC3)cc2)CC(C)O1. The Morgan fingerprint density at radius 1 is 1.00 bits per heavy atom. The molecule has 6 nitrogen and oxygen atoms in total. The van der Waals surface area contributed by atoms with E-state index in [1.54, 1.807) is 0 Å². The summed E-state index contributed by atoms with van der Waals surface area (Å²) >= 11 is 0. The zero-order valence-corrected chi connectivity index (χ0v) is 17.1. The zero-order valence-electron chi connectivity index (χ0n) is 17.1. The van der Waals surface area contributed by atoms with Crippen LogP contribution < -0.4 is 15.5 Å². The number of morpholine rings is 1. The molecule has 3 rings (SSSR count). The Balaban J connectivity index is 1.42. The Bertz CT molecular complexity index is 645. The van der Waals surface area contributed by atoms with Gasteiger partial charge in [-0.15, -0.1) is 0 Å². The lowest BCUT2D eigenvalue weighted by Crippen LogP contribution is -2.45. The fourth-order valence-corrected chi connectivity index (χ4v) is 4.25. The van der Waals surface area contributed by atoms with Crippen LogP contribution >= 0.6 is 0 Å². The number of nitrogens with one attached hydrogen (secondary N) is 2. The van der Waals surface area contributed by atoms with E-state index in [2.05, 4.69) is 29.4 Å². The first kappa shape index (κ1) is 20.6. The first-order valence-corrected chi connectivity index (χ1v) is 10.6. The first-order chi connectivity index (χ1) is 13.5. The van der Waals surface area contributed by atoms with E-state index in [9.17, 15) is 9.59 Å². The molecule has 2 atom stereocenters. The van der Waals surface area contributed by atoms with Crippen molar-refractivity contribution in [2.24, 2.45) is 5.92 Å². The average Bonchev–Trinajstić information content (AvgIpc) is 2.67. The van der Waals surface area contributed by atoms with E-state index in [1.807, 2.05) is 24.3 Å². The van der Waals surface area contributed by atoms with E-state index in [-0.39, 0.29) is 30.6 Å². The number of rotatable bonds is 6. The first-order valence-electron chi connectivity index (χ1n) is 10.6. The molecule has 2 amide bonds. The number of nitrogens with zero attached hydrogens (tertiary/aromatic N) is 1. The maximum Gasteiger partial charge on any atom is 0.243 e. The number of carbonyl (C=O) groups excluding carboxylic acids is 2. The molecule has 0 spiro atoms. The van der Waals surface area contributed by atoms with Crippen molar-refractivity contribution in [2.75, 3.05) is 29.9 Å². The lowest BCUT2D eigenvalue weighted by atomic mass is 9.87. The number of hydrogen-bond donors (Lipinski definition) is 2. The van der Waals surface area contributed by atoms with Crippen LogP contribution in [-0.2, 0) is 14.3 Å². The summed E-state index contributed by atoms with van der Waals surface area (Å²) in [6.45, 7) is 5.91. The van der Waals surface area contributed by atoms with Gasteiger partial charge in [0.1, 0.15) is 0 Å². The molecule has 6 heteroatoms. The summed E-state index contributed by atoms with van der Waals surface area (Å²) in [7, 11) is 0. The fourth-order valence-electron chi connectivity index (χ4n) is 4.25. The molecule has 1 aliphatic carbocycles. The van der Waals surface area contributed by atoms with E-state index in [0.717, 1.165) is 37.3 Å². The molecule has 2 unspecified atom stereocenters. The van der Waals surface area contributed by atoms with Gasteiger partial charge in [0.05, 0.1) is 18.8 Å². The van der Waals surface area contributed by atoms with Crippen LogP contribution in [0.2, 0.25) is 0 Å². The van der Waals surface area contributed by atoms with Gasteiger partial charge in [-0.25, -0.2) is 0 Å². The Hall–Kier alpha value is -2.08. The predicted molar refractivity (Wildman–Crippen MR) is 111 cm³/mol. The highest BCUT2D eigenvalue weighted by molar-refractivity contribution is 5.94. The average molecular weight is 388 g/mol. The van der Waals surface area contributed by atoms with Crippen LogP contribution in [0.15, 0.2) is 24.3 Å². The molecule has 1 aliphatic heterocycles. The molecule has 1 aromatic rings. The number of hydrogen-bond acceptors (Lipinski definition) is 4. The maximum atomic E-state index is 12.1. The molecule has 1 heterocycles. The van der Waals surface area contributed by atoms with Gasteiger partial charge in [0.15, 0.2) is 0 Å². The normalized spacial score (nSPS) is 23.3. The van der Waals surface area contributed by atoms with Gasteiger partial charge in [0.2, 0.25) is 11.8 Å². The molecule has 28 heavy (non-hydrogen) atoms. The van der Waals surface area contributed by atoms with Crippen molar-refractivity contribution in [3.8, 4) is 0 Å². The Kier molecular flexibility index (Phi) is 7.31. The minimum atomic E-state index is -0.196. The minimum Gasteiger partial charge on any atom is -0.372 e. The molecule has 1 saturated carbocycles.